The van der Waals surface area contributed by atoms with E-state index in [2.05, 4.69) is 9.97 Å². The lowest BCUT2D eigenvalue weighted by Gasteiger charge is -2.21. The number of hydrogen-bond acceptors (Lipinski definition) is 4. The number of halogens is 3. The van der Waals surface area contributed by atoms with Crippen LogP contribution in [0.5, 0.6) is 0 Å². The lowest BCUT2D eigenvalue weighted by Crippen LogP contribution is -2.39. The molecule has 0 saturated heterocycles. The van der Waals surface area contributed by atoms with Gasteiger partial charge in [-0.2, -0.15) is 13.2 Å². The van der Waals surface area contributed by atoms with Gasteiger partial charge in [-0.1, -0.05) is 0 Å². The molecule has 0 bridgehead atoms. The molecule has 0 saturated carbocycles. The molecule has 0 spiro atoms. The minimum absolute atomic E-state index is 0.203. The molecule has 116 valence electrons. The van der Waals surface area contributed by atoms with Gasteiger partial charge in [0.1, 0.15) is 0 Å². The summed E-state index contributed by atoms with van der Waals surface area (Å²) in [7, 11) is 1.50. The van der Waals surface area contributed by atoms with Gasteiger partial charge < -0.3 is 5.11 Å². The smallest absolute Gasteiger partial charge is 0.382 e. The highest BCUT2D eigenvalue weighted by Crippen LogP contribution is 2.20. The van der Waals surface area contributed by atoms with Crippen LogP contribution in [0.4, 0.5) is 13.2 Å². The van der Waals surface area contributed by atoms with E-state index in [0.29, 0.717) is 11.5 Å². The highest BCUT2D eigenvalue weighted by molar-refractivity contribution is 5.34. The van der Waals surface area contributed by atoms with Gasteiger partial charge in [0.25, 0.3) is 0 Å². The summed E-state index contributed by atoms with van der Waals surface area (Å²) in [6, 6.07) is 1.90. The van der Waals surface area contributed by atoms with Crippen molar-refractivity contribution in [3.63, 3.8) is 0 Å². The summed E-state index contributed by atoms with van der Waals surface area (Å²) in [5.41, 5.74) is 2.39. The number of aromatic nitrogens is 3. The first kappa shape index (κ1) is 15.7. The fourth-order valence-electron chi connectivity index (χ4n) is 2.13. The lowest BCUT2D eigenvalue weighted by molar-refractivity contribution is -0.207. The van der Waals surface area contributed by atoms with Crippen LogP contribution in [0.3, 0.4) is 0 Å². The zero-order chi connectivity index (χ0) is 15.8. The number of aliphatic hydroxyl groups is 1. The van der Waals surface area contributed by atoms with Crippen LogP contribution in [0.15, 0.2) is 12.3 Å². The van der Waals surface area contributed by atoms with E-state index in [9.17, 15) is 13.2 Å². The van der Waals surface area contributed by atoms with E-state index in [0.717, 1.165) is 11.4 Å². The Morgan fingerprint density at radius 3 is 2.62 bits per heavy atom. The number of fused-ring (bicyclic) bond motifs is 1. The molecule has 0 aliphatic rings. The molecule has 8 heteroatoms. The third-order valence-electron chi connectivity index (χ3n) is 3.11. The number of imidazole rings is 1. The van der Waals surface area contributed by atoms with Crippen LogP contribution in [-0.2, 0) is 6.54 Å². The molecule has 1 atom stereocenters. The monoisotopic (exact) mass is 302 g/mol. The zero-order valence-electron chi connectivity index (χ0n) is 12.0. The minimum Gasteiger partial charge on any atom is -0.382 e. The van der Waals surface area contributed by atoms with Crippen molar-refractivity contribution in [1.29, 1.82) is 0 Å². The maximum atomic E-state index is 12.3. The third-order valence-corrected chi connectivity index (χ3v) is 3.11. The van der Waals surface area contributed by atoms with Crippen molar-refractivity contribution >= 4 is 5.78 Å². The largest absolute Gasteiger partial charge is 0.415 e. The second kappa shape index (κ2) is 5.61. The Hall–Kier alpha value is -1.67. The quantitative estimate of drug-likeness (QED) is 0.934. The van der Waals surface area contributed by atoms with Crippen LogP contribution in [0.2, 0.25) is 0 Å². The number of nitrogens with zero attached hydrogens (tertiary/aromatic N) is 4. The van der Waals surface area contributed by atoms with Crippen LogP contribution in [-0.4, -0.2) is 50.2 Å². The van der Waals surface area contributed by atoms with Gasteiger partial charge >= 0.3 is 6.18 Å². The first-order valence-corrected chi connectivity index (χ1v) is 6.42. The summed E-state index contributed by atoms with van der Waals surface area (Å²) in [6.07, 6.45) is -5.22. The molecular weight excluding hydrogens is 285 g/mol. The van der Waals surface area contributed by atoms with Crippen molar-refractivity contribution in [2.45, 2.75) is 32.7 Å². The predicted octanol–water partition coefficient (Wildman–Crippen LogP) is 1.70. The molecule has 0 aliphatic heterocycles. The van der Waals surface area contributed by atoms with Crippen LogP contribution < -0.4 is 0 Å². The second-order valence-electron chi connectivity index (χ2n) is 5.20. The van der Waals surface area contributed by atoms with Gasteiger partial charge in [0.15, 0.2) is 6.10 Å². The summed E-state index contributed by atoms with van der Waals surface area (Å²) in [5, 5.41) is 9.05. The molecule has 1 unspecified atom stereocenters. The van der Waals surface area contributed by atoms with Gasteiger partial charge in [-0.05, 0) is 27.0 Å². The molecule has 0 fully saturated rings. The molecule has 1 N–H and O–H groups in total. The summed E-state index contributed by atoms with van der Waals surface area (Å²) >= 11 is 0. The molecule has 2 heterocycles. The zero-order valence-corrected chi connectivity index (χ0v) is 12.0. The van der Waals surface area contributed by atoms with Gasteiger partial charge in [0, 0.05) is 30.7 Å². The van der Waals surface area contributed by atoms with Gasteiger partial charge in [-0.3, -0.25) is 9.30 Å². The Morgan fingerprint density at radius 1 is 1.33 bits per heavy atom. The fourth-order valence-corrected chi connectivity index (χ4v) is 2.13. The van der Waals surface area contributed by atoms with E-state index in [1.54, 1.807) is 10.6 Å². The van der Waals surface area contributed by atoms with Crippen LogP contribution in [0, 0.1) is 13.8 Å². The Labute approximate surface area is 120 Å². The number of hydrogen-bond donors (Lipinski definition) is 1. The Kier molecular flexibility index (Phi) is 4.20. The molecule has 0 radical (unpaired) electrons. The SMILES string of the molecule is Cc1cc(C)n2cc(CN(C)CC(O)C(F)(F)F)nc2n1. The number of aliphatic hydroxyl groups excluding tert-OH is 1. The molecule has 2 aromatic rings. The molecule has 21 heavy (non-hydrogen) atoms. The first-order chi connectivity index (χ1) is 9.66. The number of alkyl halides is 3. The van der Waals surface area contributed by atoms with Crippen LogP contribution >= 0.6 is 0 Å². The van der Waals surface area contributed by atoms with Crippen molar-refractivity contribution in [1.82, 2.24) is 19.3 Å². The van der Waals surface area contributed by atoms with Crippen molar-refractivity contribution in [2.24, 2.45) is 0 Å². The maximum absolute atomic E-state index is 12.3. The average Bonchev–Trinajstić information content (AvgIpc) is 2.69. The number of aryl methyl sites for hydroxylation is 2. The molecule has 2 aromatic heterocycles. The summed E-state index contributed by atoms with van der Waals surface area (Å²) < 4.78 is 38.7. The Bertz CT molecular complexity index is 638. The topological polar surface area (TPSA) is 53.7 Å². The van der Waals surface area contributed by atoms with Crippen LogP contribution in [0.1, 0.15) is 17.1 Å². The molecule has 5 nitrogen and oxygen atoms in total. The third kappa shape index (κ3) is 3.70. The summed E-state index contributed by atoms with van der Waals surface area (Å²) in [5.74, 6) is 0.521. The van der Waals surface area contributed by atoms with Gasteiger partial charge in [-0.25, -0.2) is 9.97 Å². The van der Waals surface area contributed by atoms with E-state index in [1.165, 1.54) is 11.9 Å². The Morgan fingerprint density at radius 2 is 2.00 bits per heavy atom. The van der Waals surface area contributed by atoms with E-state index < -0.39 is 18.8 Å². The van der Waals surface area contributed by atoms with E-state index in [-0.39, 0.29) is 6.54 Å². The van der Waals surface area contributed by atoms with Crippen molar-refractivity contribution in [3.8, 4) is 0 Å². The van der Waals surface area contributed by atoms with E-state index in [4.69, 9.17) is 5.11 Å². The van der Waals surface area contributed by atoms with Crippen molar-refractivity contribution in [3.05, 3.63) is 29.3 Å². The van der Waals surface area contributed by atoms with E-state index >= 15 is 0 Å². The fraction of sp³-hybridized carbons (Fsp3) is 0.538. The summed E-state index contributed by atoms with van der Waals surface area (Å²) in [4.78, 5) is 9.94. The molecule has 0 aliphatic carbocycles. The average molecular weight is 302 g/mol. The highest BCUT2D eigenvalue weighted by atomic mass is 19.4. The maximum Gasteiger partial charge on any atom is 0.415 e. The van der Waals surface area contributed by atoms with Gasteiger partial charge in [-0.15, -0.1) is 0 Å². The Balaban J connectivity index is 2.11. The molecule has 0 amide bonds. The summed E-state index contributed by atoms with van der Waals surface area (Å²) in [6.45, 7) is 3.47. The standard InChI is InChI=1S/C13H17F3N4O/c1-8-4-9(2)20-6-10(18-12(20)17-8)5-19(3)7-11(21)13(14,15)16/h4,6,11,21H,5,7H2,1-3H3. The van der Waals surface area contributed by atoms with Crippen LogP contribution in [0.25, 0.3) is 5.78 Å². The second-order valence-corrected chi connectivity index (χ2v) is 5.20. The molecule has 2 rings (SSSR count). The van der Waals surface area contributed by atoms with Gasteiger partial charge in [0.2, 0.25) is 5.78 Å². The highest BCUT2D eigenvalue weighted by Gasteiger charge is 2.38. The van der Waals surface area contributed by atoms with E-state index in [1.807, 2.05) is 19.9 Å². The minimum atomic E-state index is -4.61. The normalized spacial score (nSPS) is 14.1. The number of rotatable bonds is 4. The van der Waals surface area contributed by atoms with Crippen molar-refractivity contribution in [2.75, 3.05) is 13.6 Å². The first-order valence-electron chi connectivity index (χ1n) is 6.42. The number of likely N-dealkylation sites (N-methyl/N-ethyl adjacent to an activating group) is 1. The molecular formula is C13H17F3N4O. The predicted molar refractivity (Wildman–Crippen MR) is 70.9 cm³/mol. The van der Waals surface area contributed by atoms with Gasteiger partial charge in [0.05, 0.1) is 5.69 Å². The lowest BCUT2D eigenvalue weighted by atomic mass is 10.3. The van der Waals surface area contributed by atoms with Crippen molar-refractivity contribution < 1.29 is 18.3 Å². The molecule has 0 aromatic carbocycles.